The first-order chi connectivity index (χ1) is 19.4. The molecule has 1 saturated heterocycles. The van der Waals surface area contributed by atoms with Crippen molar-refractivity contribution in [2.45, 2.75) is 76.7 Å². The number of hydrogen-bond donors (Lipinski definition) is 0. The predicted octanol–water partition coefficient (Wildman–Crippen LogP) is 5.97. The Hall–Kier alpha value is 1.99. The maximum atomic E-state index is 5.78. The predicted molar refractivity (Wildman–Crippen MR) is 201 cm³/mol. The minimum Gasteiger partial charge on any atom is -0.398 e. The first-order valence-electron chi connectivity index (χ1n) is 14.9. The highest BCUT2D eigenvalue weighted by Crippen LogP contribution is 2.49. The third-order valence-corrected chi connectivity index (χ3v) is 51.8. The highest BCUT2D eigenvalue weighted by molar-refractivity contribution is 8.35. The summed E-state index contributed by atoms with van der Waals surface area (Å²) in [7, 11) is 5.88. The van der Waals surface area contributed by atoms with Crippen molar-refractivity contribution in [1.82, 2.24) is 12.7 Å². The molecule has 0 aromatic heterocycles. The zero-order valence-corrected chi connectivity index (χ0v) is 37.8. The minimum atomic E-state index is -2.06. The Bertz CT molecular complexity index is 693. The first kappa shape index (κ1) is 42.0. The molecule has 18 heteroatoms. The molecule has 0 aromatic carbocycles. The second-order valence-corrected chi connectivity index (χ2v) is 45.3. The number of hydrogen-bond acceptors (Lipinski definition) is 12. The molecule has 0 aliphatic carbocycles. The van der Waals surface area contributed by atoms with Gasteiger partial charge in [-0.1, -0.05) is 0 Å². The fraction of sp³-hybridized carbons (Fsp3) is 1.00. The van der Waals surface area contributed by atoms with Crippen LogP contribution in [0.25, 0.3) is 0 Å². The van der Waals surface area contributed by atoms with Crippen LogP contribution in [-0.4, -0.2) is 142 Å². The average Bonchev–Trinajstić information content (AvgIpc) is 3.00. The summed E-state index contributed by atoms with van der Waals surface area (Å²) in [5, 5.41) is 0. The van der Waals surface area contributed by atoms with E-state index >= 15 is 0 Å². The van der Waals surface area contributed by atoms with Crippen LogP contribution in [0.2, 0.25) is 57.4 Å². The van der Waals surface area contributed by atoms with Crippen molar-refractivity contribution in [3.63, 3.8) is 0 Å². The fourth-order valence-corrected chi connectivity index (χ4v) is 50.5. The molecule has 0 saturated carbocycles. The maximum absolute atomic E-state index is 5.78. The van der Waals surface area contributed by atoms with Gasteiger partial charge in [-0.25, -0.2) is 0 Å². The van der Waals surface area contributed by atoms with Gasteiger partial charge in [0.25, 0.3) is 22.6 Å². The Kier molecular flexibility index (Phi) is 18.0. The highest BCUT2D eigenvalue weighted by Gasteiger charge is 2.64. The third-order valence-electron chi connectivity index (χ3n) is 9.78. The van der Waals surface area contributed by atoms with Gasteiger partial charge in [-0.2, -0.15) is 33.6 Å². The topological polar surface area (TPSA) is 65.1 Å². The van der Waals surface area contributed by atoms with E-state index in [1.165, 1.54) is 0 Å². The van der Waals surface area contributed by atoms with Crippen LogP contribution < -0.4 is 0 Å². The van der Waals surface area contributed by atoms with E-state index in [-0.39, 0.29) is 0 Å². The smallest absolute Gasteiger partial charge is 0.334 e. The van der Waals surface area contributed by atoms with Crippen LogP contribution in [0.3, 0.4) is 0 Å². The fourth-order valence-electron chi connectivity index (χ4n) is 5.25. The van der Waals surface area contributed by atoms with Gasteiger partial charge in [0.05, 0.1) is 0 Å². The van der Waals surface area contributed by atoms with Crippen LogP contribution in [0.5, 0.6) is 0 Å². The zero-order chi connectivity index (χ0) is 32.5. The summed E-state index contributed by atoms with van der Waals surface area (Å²) in [5.41, 5.74) is 0. The largest absolute Gasteiger partial charge is 0.398 e. The Morgan fingerprint density at radius 2 is 0.643 bits per heavy atom. The normalized spacial score (nSPS) is 27.2. The summed E-state index contributed by atoms with van der Waals surface area (Å²) in [4.78, 5) is 0. The van der Waals surface area contributed by atoms with Crippen LogP contribution in [-0.2, 0) is 26.6 Å². The summed E-state index contributed by atoms with van der Waals surface area (Å²) < 4.78 is 43.4. The summed E-state index contributed by atoms with van der Waals surface area (Å²) in [6.07, 6.45) is 3.38. The molecule has 1 heterocycles. The minimum absolute atomic E-state index is 1.03. The van der Waals surface area contributed by atoms with E-state index in [2.05, 4.69) is 107 Å². The van der Waals surface area contributed by atoms with Crippen molar-refractivity contribution in [3.05, 3.63) is 0 Å². The molecule has 0 unspecified atom stereocenters. The molecule has 0 atom stereocenters. The van der Waals surface area contributed by atoms with Crippen molar-refractivity contribution in [2.75, 3.05) is 81.1 Å². The van der Waals surface area contributed by atoms with E-state index in [4.69, 9.17) is 26.6 Å². The molecule has 42 heavy (non-hydrogen) atoms. The third kappa shape index (κ3) is 10.2. The quantitative estimate of drug-likeness (QED) is 0.103. The summed E-state index contributed by atoms with van der Waals surface area (Å²) in [6.45, 7) is 14.3. The standard InChI is InChI=1S/C24H63N3O6S3Si6/c1-25-40(13,34-19-16-22-37(10,28-4)29-5)26(2)42(15,36-21-18-24-39(12,32-8)33-9)27(3)41(25,14)35-20-17-23-38(11,30-6)31-7/h16-24H2,1-15H3. The summed E-state index contributed by atoms with van der Waals surface area (Å²) >= 11 is 6.71. The van der Waals surface area contributed by atoms with E-state index in [1.807, 2.05) is 0 Å². The summed E-state index contributed by atoms with van der Waals surface area (Å²) in [5.74, 6) is 3.41. The molecule has 1 aliphatic heterocycles. The molecule has 0 radical (unpaired) electrons. The van der Waals surface area contributed by atoms with E-state index in [1.54, 1.807) is 42.7 Å². The maximum Gasteiger partial charge on any atom is 0.334 e. The molecule has 0 aromatic rings. The van der Waals surface area contributed by atoms with Crippen LogP contribution in [0.15, 0.2) is 0 Å². The SMILES string of the molecule is CO[Si](C)(CCCS[Si]1(C)N(C)[Si](C)(SCCC[Si](C)(OC)OC)N(C)[Si](C)(SCCC[Si](C)(OC)OC)N1C)OC. The number of nitrogens with zero attached hydrogens (tertiary/aromatic N) is 3. The van der Waals surface area contributed by atoms with Crippen molar-refractivity contribution in [1.29, 1.82) is 0 Å². The summed E-state index contributed by atoms with van der Waals surface area (Å²) in [6, 6.07) is 3.09. The molecule has 0 spiro atoms. The first-order valence-corrected chi connectivity index (χ1v) is 34.8. The lowest BCUT2D eigenvalue weighted by molar-refractivity contribution is 0.249. The lowest BCUT2D eigenvalue weighted by atomic mass is 10.6. The van der Waals surface area contributed by atoms with Gasteiger partial charge in [-0.05, 0) is 115 Å². The molecular formula is C24H63N3O6S3Si6. The van der Waals surface area contributed by atoms with Gasteiger partial charge in [-0.15, -0.1) is 0 Å². The van der Waals surface area contributed by atoms with Crippen molar-refractivity contribution < 1.29 is 26.6 Å². The van der Waals surface area contributed by atoms with Crippen LogP contribution >= 0.6 is 33.6 Å². The Morgan fingerprint density at radius 1 is 0.452 bits per heavy atom. The molecule has 1 rings (SSSR count). The van der Waals surface area contributed by atoms with E-state index < -0.39 is 48.3 Å². The van der Waals surface area contributed by atoms with E-state index in [9.17, 15) is 0 Å². The monoisotopic (exact) mass is 753 g/mol. The lowest BCUT2D eigenvalue weighted by Crippen LogP contribution is -2.87. The van der Waals surface area contributed by atoms with Gasteiger partial charge in [0, 0.05) is 42.7 Å². The molecule has 252 valence electrons. The van der Waals surface area contributed by atoms with Gasteiger partial charge < -0.3 is 39.2 Å². The zero-order valence-electron chi connectivity index (χ0n) is 29.4. The lowest BCUT2D eigenvalue weighted by Gasteiger charge is -2.65. The highest BCUT2D eigenvalue weighted by atomic mass is 32.4. The van der Waals surface area contributed by atoms with Crippen molar-refractivity contribution in [3.8, 4) is 0 Å². The Balaban J connectivity index is 3.21. The molecule has 1 fully saturated rings. The second kappa shape index (κ2) is 17.9. The van der Waals surface area contributed by atoms with Gasteiger partial charge in [0.15, 0.2) is 0 Å². The van der Waals surface area contributed by atoms with E-state index in [0.717, 1.165) is 54.7 Å². The molecular weight excluding hydrogens is 691 g/mol. The molecule has 0 N–H and O–H groups in total. The van der Waals surface area contributed by atoms with Gasteiger partial charge in [0.2, 0.25) is 0 Å². The Labute approximate surface area is 277 Å². The molecule has 9 nitrogen and oxygen atoms in total. The Morgan fingerprint density at radius 3 is 0.810 bits per heavy atom. The molecule has 0 amide bonds. The second-order valence-electron chi connectivity index (χ2n) is 12.0. The van der Waals surface area contributed by atoms with Crippen molar-refractivity contribution >= 4 is 82.0 Å². The number of rotatable bonds is 21. The van der Waals surface area contributed by atoms with Crippen molar-refractivity contribution in [2.24, 2.45) is 0 Å². The van der Waals surface area contributed by atoms with Crippen LogP contribution in [0.1, 0.15) is 19.3 Å². The van der Waals surface area contributed by atoms with Gasteiger partial charge >= 0.3 is 25.7 Å². The average molecular weight is 754 g/mol. The molecule has 0 bridgehead atoms. The van der Waals surface area contributed by atoms with Gasteiger partial charge in [-0.3, -0.25) is 0 Å². The van der Waals surface area contributed by atoms with Crippen LogP contribution in [0, 0.1) is 0 Å². The van der Waals surface area contributed by atoms with Gasteiger partial charge in [0.1, 0.15) is 0 Å². The van der Waals surface area contributed by atoms with E-state index in [0.29, 0.717) is 0 Å². The van der Waals surface area contributed by atoms with Crippen LogP contribution in [0.4, 0.5) is 0 Å². The molecule has 1 aliphatic rings.